The predicted molar refractivity (Wildman–Crippen MR) is 126 cm³/mol. The van der Waals surface area contributed by atoms with Crippen LogP contribution in [-0.4, -0.2) is 23.1 Å². The number of halogens is 1. The molecule has 9 heteroatoms. The molecule has 5 rings (SSSR count). The number of para-hydroxylation sites is 2. The Kier molecular flexibility index (Phi) is 4.49. The van der Waals surface area contributed by atoms with Crippen molar-refractivity contribution in [2.45, 2.75) is 20.4 Å². The lowest BCUT2D eigenvalue weighted by Gasteiger charge is -2.09. The molecule has 0 bridgehead atoms. The van der Waals surface area contributed by atoms with Crippen molar-refractivity contribution in [1.29, 1.82) is 0 Å². The molecule has 0 fully saturated rings. The van der Waals surface area contributed by atoms with Gasteiger partial charge < -0.3 is 5.73 Å². The summed E-state index contributed by atoms with van der Waals surface area (Å²) < 4.78 is 6.35. The van der Waals surface area contributed by atoms with Crippen molar-refractivity contribution in [3.05, 3.63) is 91.3 Å². The van der Waals surface area contributed by atoms with Gasteiger partial charge in [-0.1, -0.05) is 35.9 Å². The van der Waals surface area contributed by atoms with Gasteiger partial charge in [0.05, 0.1) is 17.9 Å². The van der Waals surface area contributed by atoms with Gasteiger partial charge in [0.15, 0.2) is 11.2 Å². The maximum atomic E-state index is 13.6. The lowest BCUT2D eigenvalue weighted by atomic mass is 10.2. The Morgan fingerprint density at radius 2 is 1.69 bits per heavy atom. The Labute approximate surface area is 187 Å². The van der Waals surface area contributed by atoms with Gasteiger partial charge in [-0.3, -0.25) is 22.9 Å². The van der Waals surface area contributed by atoms with Crippen LogP contribution in [0, 0.1) is 13.8 Å². The number of hydrogen-bond acceptors (Lipinski definition) is 4. The predicted octanol–water partition coefficient (Wildman–Crippen LogP) is 3.04. The highest BCUT2D eigenvalue weighted by molar-refractivity contribution is 6.30. The molecule has 0 aliphatic heterocycles. The van der Waals surface area contributed by atoms with E-state index < -0.39 is 11.2 Å². The first-order valence-corrected chi connectivity index (χ1v) is 10.5. The molecular formula is C23H21ClN6O2. The summed E-state index contributed by atoms with van der Waals surface area (Å²) in [6.07, 6.45) is 0. The van der Waals surface area contributed by atoms with Crippen molar-refractivity contribution in [2.24, 2.45) is 7.05 Å². The number of benzene rings is 2. The van der Waals surface area contributed by atoms with E-state index in [1.165, 1.54) is 9.13 Å². The average Bonchev–Trinajstić information content (AvgIpc) is 3.27. The summed E-state index contributed by atoms with van der Waals surface area (Å²) in [7, 11) is 1.62. The molecule has 0 atom stereocenters. The van der Waals surface area contributed by atoms with Crippen LogP contribution >= 0.6 is 11.6 Å². The van der Waals surface area contributed by atoms with Gasteiger partial charge in [0, 0.05) is 23.5 Å². The van der Waals surface area contributed by atoms with Gasteiger partial charge in [-0.15, -0.1) is 0 Å². The number of nitrogen functional groups attached to an aromatic ring is 1. The van der Waals surface area contributed by atoms with E-state index in [4.69, 9.17) is 22.3 Å². The van der Waals surface area contributed by atoms with Crippen molar-refractivity contribution >= 4 is 34.2 Å². The van der Waals surface area contributed by atoms with Gasteiger partial charge in [0.2, 0.25) is 5.78 Å². The molecule has 0 spiro atoms. The molecule has 8 nitrogen and oxygen atoms in total. The van der Waals surface area contributed by atoms with E-state index in [1.807, 2.05) is 42.7 Å². The topological polar surface area (TPSA) is 92.2 Å². The molecule has 0 radical (unpaired) electrons. The van der Waals surface area contributed by atoms with Crippen LogP contribution in [0.2, 0.25) is 5.02 Å². The molecule has 3 heterocycles. The molecule has 32 heavy (non-hydrogen) atoms. The molecule has 2 N–H and O–H groups in total. The maximum Gasteiger partial charge on any atom is 0.332 e. The lowest BCUT2D eigenvalue weighted by Crippen LogP contribution is -2.39. The zero-order chi connectivity index (χ0) is 22.7. The number of nitrogens with zero attached hydrogens (tertiary/aromatic N) is 5. The quantitative estimate of drug-likeness (QED) is 0.429. The minimum absolute atomic E-state index is 0.135. The molecule has 0 aliphatic carbocycles. The second-order valence-electron chi connectivity index (χ2n) is 7.84. The van der Waals surface area contributed by atoms with Gasteiger partial charge in [-0.25, -0.2) is 4.79 Å². The third-order valence-corrected chi connectivity index (χ3v) is 6.20. The van der Waals surface area contributed by atoms with Crippen LogP contribution in [0.25, 0.3) is 22.6 Å². The molecular weight excluding hydrogens is 428 g/mol. The molecule has 0 unspecified atom stereocenters. The third-order valence-electron chi connectivity index (χ3n) is 5.95. The number of aromatic nitrogens is 5. The van der Waals surface area contributed by atoms with Crippen LogP contribution in [0.15, 0.2) is 58.1 Å². The summed E-state index contributed by atoms with van der Waals surface area (Å²) in [5.74, 6) is 0.532. The average molecular weight is 449 g/mol. The number of aryl methyl sites for hydroxylation is 2. The molecule has 0 aliphatic rings. The summed E-state index contributed by atoms with van der Waals surface area (Å²) in [5.41, 5.74) is 10.00. The fourth-order valence-corrected chi connectivity index (χ4v) is 4.27. The monoisotopic (exact) mass is 448 g/mol. The van der Waals surface area contributed by atoms with E-state index in [-0.39, 0.29) is 6.54 Å². The standard InChI is InChI=1S/C23H21ClN6O2/c1-13-14(2)30-19-20(26-22(30)29(13)18-7-5-4-6-17(18)25)27(3)23(32)28(21(19)31)12-15-8-10-16(24)11-9-15/h4-11H,12,25H2,1-3H3. The van der Waals surface area contributed by atoms with Crippen molar-refractivity contribution < 1.29 is 0 Å². The first kappa shape index (κ1) is 20.1. The SMILES string of the molecule is Cc1c(C)n2c3c(=O)n(Cc4ccc(Cl)cc4)c(=O)n(C)c3nc2n1-c1ccccc1N. The fraction of sp³-hybridized carbons (Fsp3) is 0.174. The van der Waals surface area contributed by atoms with E-state index in [9.17, 15) is 9.59 Å². The third kappa shape index (κ3) is 2.80. The Hall–Kier alpha value is -3.78. The summed E-state index contributed by atoms with van der Waals surface area (Å²) in [6.45, 7) is 4.01. The minimum Gasteiger partial charge on any atom is -0.397 e. The zero-order valence-corrected chi connectivity index (χ0v) is 18.6. The molecule has 0 saturated carbocycles. The Morgan fingerprint density at radius 3 is 2.38 bits per heavy atom. The minimum atomic E-state index is -0.432. The van der Waals surface area contributed by atoms with Gasteiger partial charge in [-0.05, 0) is 43.7 Å². The summed E-state index contributed by atoms with van der Waals surface area (Å²) >= 11 is 5.97. The lowest BCUT2D eigenvalue weighted by molar-refractivity contribution is 0.656. The van der Waals surface area contributed by atoms with Gasteiger partial charge in [-0.2, -0.15) is 4.98 Å². The fourth-order valence-electron chi connectivity index (χ4n) is 4.14. The van der Waals surface area contributed by atoms with E-state index in [1.54, 1.807) is 35.7 Å². The van der Waals surface area contributed by atoms with Crippen LogP contribution in [-0.2, 0) is 13.6 Å². The summed E-state index contributed by atoms with van der Waals surface area (Å²) in [4.78, 5) is 31.3. The number of anilines is 1. The van der Waals surface area contributed by atoms with Gasteiger partial charge in [0.1, 0.15) is 0 Å². The maximum absolute atomic E-state index is 13.6. The van der Waals surface area contributed by atoms with Crippen LogP contribution < -0.4 is 17.0 Å². The highest BCUT2D eigenvalue weighted by Crippen LogP contribution is 2.27. The zero-order valence-electron chi connectivity index (χ0n) is 17.8. The number of rotatable bonds is 3. The number of imidazole rings is 2. The molecule has 162 valence electrons. The highest BCUT2D eigenvalue weighted by atomic mass is 35.5. The first-order chi connectivity index (χ1) is 15.3. The Balaban J connectivity index is 1.85. The number of fused-ring (bicyclic) bond motifs is 3. The first-order valence-electron chi connectivity index (χ1n) is 10.1. The van der Waals surface area contributed by atoms with Gasteiger partial charge >= 0.3 is 5.69 Å². The molecule has 5 aromatic rings. The van der Waals surface area contributed by atoms with Crippen LogP contribution in [0.1, 0.15) is 17.0 Å². The van der Waals surface area contributed by atoms with E-state index in [2.05, 4.69) is 0 Å². The van der Waals surface area contributed by atoms with Crippen molar-refractivity contribution in [3.8, 4) is 5.69 Å². The summed E-state index contributed by atoms with van der Waals surface area (Å²) in [5, 5.41) is 0.592. The van der Waals surface area contributed by atoms with E-state index >= 15 is 0 Å². The van der Waals surface area contributed by atoms with Crippen LogP contribution in [0.3, 0.4) is 0 Å². The molecule has 3 aromatic heterocycles. The van der Waals surface area contributed by atoms with Gasteiger partial charge in [0.25, 0.3) is 5.56 Å². The molecule has 0 saturated heterocycles. The highest BCUT2D eigenvalue weighted by Gasteiger charge is 2.23. The van der Waals surface area contributed by atoms with Crippen LogP contribution in [0.5, 0.6) is 0 Å². The molecule has 0 amide bonds. The number of nitrogens with two attached hydrogens (primary N) is 1. The second-order valence-corrected chi connectivity index (χ2v) is 8.28. The molecule has 2 aromatic carbocycles. The van der Waals surface area contributed by atoms with Crippen molar-refractivity contribution in [2.75, 3.05) is 5.73 Å². The Bertz CT molecular complexity index is 1640. The van der Waals surface area contributed by atoms with Crippen LogP contribution in [0.4, 0.5) is 5.69 Å². The largest absolute Gasteiger partial charge is 0.397 e. The summed E-state index contributed by atoms with van der Waals surface area (Å²) in [6, 6.07) is 14.6. The smallest absolute Gasteiger partial charge is 0.332 e. The second kappa shape index (κ2) is 7.13. The van der Waals surface area contributed by atoms with Crippen molar-refractivity contribution in [1.82, 2.24) is 23.1 Å². The normalized spacial score (nSPS) is 11.6. The van der Waals surface area contributed by atoms with Crippen molar-refractivity contribution in [3.63, 3.8) is 0 Å². The Morgan fingerprint density at radius 1 is 1.00 bits per heavy atom. The number of hydrogen-bond donors (Lipinski definition) is 1. The van der Waals surface area contributed by atoms with E-state index in [0.717, 1.165) is 22.6 Å². The van der Waals surface area contributed by atoms with E-state index in [0.29, 0.717) is 27.7 Å².